The first kappa shape index (κ1) is 26.6. The normalized spacial score (nSPS) is 14.6. The van der Waals surface area contributed by atoms with Gasteiger partial charge in [0.05, 0.1) is 37.7 Å². The number of hydrogen-bond donors (Lipinski definition) is 2. The van der Waals surface area contributed by atoms with E-state index in [1.165, 1.54) is 29.1 Å². The van der Waals surface area contributed by atoms with Crippen LogP contribution in [0.15, 0.2) is 55.1 Å². The molecule has 3 aromatic heterocycles. The Kier molecular flexibility index (Phi) is 7.49. The van der Waals surface area contributed by atoms with Gasteiger partial charge in [0, 0.05) is 61.2 Å². The number of nitrogens with zero attached hydrogens (tertiary/aromatic N) is 5. The van der Waals surface area contributed by atoms with Gasteiger partial charge in [-0.05, 0) is 30.7 Å². The van der Waals surface area contributed by atoms with Gasteiger partial charge in [0.2, 0.25) is 0 Å². The molecule has 1 aliphatic heterocycles. The summed E-state index contributed by atoms with van der Waals surface area (Å²) in [6.45, 7) is 4.57. The van der Waals surface area contributed by atoms with Gasteiger partial charge >= 0.3 is 5.92 Å². The Morgan fingerprint density at radius 1 is 1.10 bits per heavy atom. The third kappa shape index (κ3) is 5.71. The molecule has 0 saturated carbocycles. The molecule has 0 unspecified atom stereocenters. The molecule has 1 aromatic carbocycles. The lowest BCUT2D eigenvalue weighted by molar-refractivity contribution is 0.0358. The SMILES string of the molecule is Cn1cc(-c2cc(F)c(=N)n(C(=N)C(F)(F)c3ccc4ncc(OCCCN5CCOCC5)cc4c3)c2)cn1. The zero-order valence-electron chi connectivity index (χ0n) is 21.3. The molecule has 1 saturated heterocycles. The van der Waals surface area contributed by atoms with Crippen LogP contribution in [0.2, 0.25) is 0 Å². The number of rotatable bonds is 8. The van der Waals surface area contributed by atoms with Crippen LogP contribution in [0.5, 0.6) is 5.75 Å². The molecule has 4 aromatic rings. The molecule has 204 valence electrons. The van der Waals surface area contributed by atoms with Crippen LogP contribution in [0.4, 0.5) is 13.2 Å². The van der Waals surface area contributed by atoms with Crippen molar-refractivity contribution in [2.75, 3.05) is 39.5 Å². The molecule has 4 heterocycles. The molecule has 0 bridgehead atoms. The van der Waals surface area contributed by atoms with Crippen molar-refractivity contribution < 1.29 is 22.6 Å². The van der Waals surface area contributed by atoms with Gasteiger partial charge in [0.1, 0.15) is 5.75 Å². The Balaban J connectivity index is 1.36. The van der Waals surface area contributed by atoms with Crippen molar-refractivity contribution in [1.29, 1.82) is 10.8 Å². The number of hydrogen-bond acceptors (Lipinski definition) is 7. The van der Waals surface area contributed by atoms with Crippen molar-refractivity contribution in [3.63, 3.8) is 0 Å². The number of nitrogens with one attached hydrogen (secondary N) is 2. The molecular formula is C27H28F3N7O2. The van der Waals surface area contributed by atoms with Gasteiger partial charge < -0.3 is 9.47 Å². The number of halogens is 3. The summed E-state index contributed by atoms with van der Waals surface area (Å²) in [4.78, 5) is 6.60. The number of morpholine rings is 1. The number of aromatic nitrogens is 4. The fourth-order valence-electron chi connectivity index (χ4n) is 4.44. The zero-order valence-corrected chi connectivity index (χ0v) is 21.3. The van der Waals surface area contributed by atoms with Crippen LogP contribution in [0.3, 0.4) is 0 Å². The maximum atomic E-state index is 15.6. The van der Waals surface area contributed by atoms with Crippen molar-refractivity contribution in [2.24, 2.45) is 7.05 Å². The average Bonchev–Trinajstić information content (AvgIpc) is 3.38. The molecule has 5 rings (SSSR count). The zero-order chi connectivity index (χ0) is 27.6. The summed E-state index contributed by atoms with van der Waals surface area (Å²) in [6.07, 6.45) is 6.52. The number of alkyl halides is 2. The quantitative estimate of drug-likeness (QED) is 0.202. The van der Waals surface area contributed by atoms with Gasteiger partial charge in [0.25, 0.3) is 0 Å². The summed E-state index contributed by atoms with van der Waals surface area (Å²) in [7, 11) is 1.67. The number of pyridine rings is 2. The van der Waals surface area contributed by atoms with E-state index < -0.39 is 28.6 Å². The first-order valence-electron chi connectivity index (χ1n) is 12.5. The smallest absolute Gasteiger partial charge is 0.329 e. The van der Waals surface area contributed by atoms with E-state index in [4.69, 9.17) is 20.3 Å². The predicted molar refractivity (Wildman–Crippen MR) is 139 cm³/mol. The van der Waals surface area contributed by atoms with E-state index in [9.17, 15) is 4.39 Å². The van der Waals surface area contributed by atoms with Crippen LogP contribution in [-0.4, -0.2) is 69.5 Å². The Morgan fingerprint density at radius 2 is 1.90 bits per heavy atom. The fraction of sp³-hybridized carbons (Fsp3) is 0.333. The summed E-state index contributed by atoms with van der Waals surface area (Å²) in [5, 5.41) is 20.7. The van der Waals surface area contributed by atoms with E-state index in [2.05, 4.69) is 15.0 Å². The molecule has 12 heteroatoms. The second kappa shape index (κ2) is 11.0. The van der Waals surface area contributed by atoms with E-state index in [1.54, 1.807) is 25.5 Å². The topological polar surface area (TPSA) is 105 Å². The van der Waals surface area contributed by atoms with Crippen molar-refractivity contribution in [1.82, 2.24) is 24.2 Å². The molecule has 1 fully saturated rings. The van der Waals surface area contributed by atoms with Gasteiger partial charge in [-0.3, -0.25) is 30.0 Å². The third-order valence-corrected chi connectivity index (χ3v) is 6.60. The number of ether oxygens (including phenoxy) is 2. The van der Waals surface area contributed by atoms with Gasteiger partial charge in [-0.25, -0.2) is 4.39 Å². The Hall–Kier alpha value is -4.03. The van der Waals surface area contributed by atoms with Crippen LogP contribution in [0.1, 0.15) is 12.0 Å². The molecule has 0 radical (unpaired) electrons. The van der Waals surface area contributed by atoms with Crippen molar-refractivity contribution >= 4 is 16.7 Å². The monoisotopic (exact) mass is 539 g/mol. The van der Waals surface area contributed by atoms with Gasteiger partial charge in [-0.15, -0.1) is 0 Å². The highest BCUT2D eigenvalue weighted by molar-refractivity contribution is 5.91. The predicted octanol–water partition coefficient (Wildman–Crippen LogP) is 3.77. The van der Waals surface area contributed by atoms with E-state index in [-0.39, 0.29) is 5.56 Å². The van der Waals surface area contributed by atoms with Crippen LogP contribution in [-0.2, 0) is 17.7 Å². The highest BCUT2D eigenvalue weighted by atomic mass is 19.3. The second-order valence-corrected chi connectivity index (χ2v) is 9.36. The molecule has 9 nitrogen and oxygen atoms in total. The lowest BCUT2D eigenvalue weighted by Gasteiger charge is -2.26. The summed E-state index contributed by atoms with van der Waals surface area (Å²) in [5.41, 5.74) is -0.154. The minimum absolute atomic E-state index is 0.218. The first-order valence-corrected chi connectivity index (χ1v) is 12.5. The lowest BCUT2D eigenvalue weighted by Crippen LogP contribution is -2.39. The molecule has 0 amide bonds. The van der Waals surface area contributed by atoms with Crippen molar-refractivity contribution in [3.05, 3.63) is 72.0 Å². The average molecular weight is 540 g/mol. The summed E-state index contributed by atoms with van der Waals surface area (Å²) >= 11 is 0. The highest BCUT2D eigenvalue weighted by Crippen LogP contribution is 2.33. The number of fused-ring (bicyclic) bond motifs is 1. The third-order valence-electron chi connectivity index (χ3n) is 6.60. The van der Waals surface area contributed by atoms with E-state index in [0.717, 1.165) is 51.5 Å². The lowest BCUT2D eigenvalue weighted by atomic mass is 10.0. The molecular weight excluding hydrogens is 511 g/mol. The Bertz CT molecular complexity index is 1560. The minimum atomic E-state index is -3.83. The molecule has 0 atom stereocenters. The first-order chi connectivity index (χ1) is 18.7. The van der Waals surface area contributed by atoms with Crippen LogP contribution >= 0.6 is 0 Å². The summed E-state index contributed by atoms with van der Waals surface area (Å²) in [6, 6.07) is 6.55. The van der Waals surface area contributed by atoms with Crippen molar-refractivity contribution in [3.8, 4) is 16.9 Å². The summed E-state index contributed by atoms with van der Waals surface area (Å²) in [5.74, 6) is -5.66. The second-order valence-electron chi connectivity index (χ2n) is 9.36. The number of aryl methyl sites for hydroxylation is 1. The molecule has 0 spiro atoms. The largest absolute Gasteiger partial charge is 0.492 e. The van der Waals surface area contributed by atoms with Crippen LogP contribution in [0, 0.1) is 16.6 Å². The maximum absolute atomic E-state index is 15.6. The molecule has 0 aliphatic carbocycles. The standard InChI is InChI=1S/C27H28F3N7O2/c1-35-16-20(14-34-35)19-13-23(28)25(31)37(17-19)26(32)27(29,30)21-3-4-24-18(11-21)12-22(15-33-24)39-8-2-5-36-6-9-38-10-7-36/h3-4,11-17,31-32H,2,5-10H2,1H3. The fourth-order valence-corrected chi connectivity index (χ4v) is 4.44. The Labute approximate surface area is 222 Å². The summed E-state index contributed by atoms with van der Waals surface area (Å²) < 4.78 is 59.0. The number of benzene rings is 1. The Morgan fingerprint density at radius 3 is 2.64 bits per heavy atom. The highest BCUT2D eigenvalue weighted by Gasteiger charge is 2.39. The van der Waals surface area contributed by atoms with E-state index in [0.29, 0.717) is 33.4 Å². The van der Waals surface area contributed by atoms with Gasteiger partial charge in [-0.1, -0.05) is 6.07 Å². The molecule has 39 heavy (non-hydrogen) atoms. The maximum Gasteiger partial charge on any atom is 0.329 e. The van der Waals surface area contributed by atoms with E-state index in [1.807, 2.05) is 0 Å². The van der Waals surface area contributed by atoms with Crippen LogP contribution in [0.25, 0.3) is 22.0 Å². The van der Waals surface area contributed by atoms with Crippen molar-refractivity contribution in [2.45, 2.75) is 12.3 Å². The van der Waals surface area contributed by atoms with Gasteiger partial charge in [0.15, 0.2) is 17.1 Å². The molecule has 1 aliphatic rings. The minimum Gasteiger partial charge on any atom is -0.492 e. The molecule has 2 N–H and O–H groups in total. The van der Waals surface area contributed by atoms with Crippen LogP contribution < -0.4 is 10.2 Å². The van der Waals surface area contributed by atoms with E-state index >= 15 is 8.78 Å². The van der Waals surface area contributed by atoms with Gasteiger partial charge in [-0.2, -0.15) is 13.9 Å².